The van der Waals surface area contributed by atoms with Crippen LogP contribution in [0.4, 0.5) is 11.8 Å². The number of hydrogen-bond donors (Lipinski definition) is 3. The highest BCUT2D eigenvalue weighted by molar-refractivity contribution is 5.75. The third kappa shape index (κ3) is 3.86. The summed E-state index contributed by atoms with van der Waals surface area (Å²) in [4.78, 5) is 13.8. The molecule has 1 fully saturated rings. The van der Waals surface area contributed by atoms with Gasteiger partial charge in [0, 0.05) is 32.2 Å². The summed E-state index contributed by atoms with van der Waals surface area (Å²) < 4.78 is 7.58. The Balaban J connectivity index is 1.56. The van der Waals surface area contributed by atoms with Gasteiger partial charge in [-0.3, -0.25) is 0 Å². The van der Waals surface area contributed by atoms with Crippen molar-refractivity contribution in [2.45, 2.75) is 18.9 Å². The normalized spacial score (nSPS) is 16.7. The largest absolute Gasteiger partial charge is 0.395 e. The van der Waals surface area contributed by atoms with Crippen molar-refractivity contribution < 1.29 is 9.84 Å². The molecule has 3 N–H and O–H groups in total. The van der Waals surface area contributed by atoms with E-state index in [9.17, 15) is 0 Å². The number of nitrogens with zero attached hydrogens (tertiary/aromatic N) is 4. The number of benzene rings is 1. The van der Waals surface area contributed by atoms with Gasteiger partial charge in [-0.25, -0.2) is 9.97 Å². The van der Waals surface area contributed by atoms with Gasteiger partial charge < -0.3 is 25.0 Å². The summed E-state index contributed by atoms with van der Waals surface area (Å²) in [5, 5.41) is 15.5. The molecule has 8 nitrogen and oxygen atoms in total. The van der Waals surface area contributed by atoms with Crippen molar-refractivity contribution in [1.29, 1.82) is 0 Å². The van der Waals surface area contributed by atoms with E-state index >= 15 is 0 Å². The number of hydrogen-bond acceptors (Lipinski definition) is 7. The van der Waals surface area contributed by atoms with E-state index in [1.54, 1.807) is 0 Å². The van der Waals surface area contributed by atoms with E-state index in [4.69, 9.17) is 9.84 Å². The molecule has 4 rings (SSSR count). The zero-order valence-corrected chi connectivity index (χ0v) is 15.4. The molecule has 27 heavy (non-hydrogen) atoms. The number of nitrogens with one attached hydrogen (secondary N) is 2. The number of aliphatic hydroxyl groups excluding tert-OH is 1. The van der Waals surface area contributed by atoms with Crippen molar-refractivity contribution in [2.24, 2.45) is 7.05 Å². The number of anilines is 2. The van der Waals surface area contributed by atoms with Crippen molar-refractivity contribution in [2.75, 3.05) is 37.0 Å². The molecule has 142 valence electrons. The Kier molecular flexibility index (Phi) is 5.17. The second-order valence-electron chi connectivity index (χ2n) is 6.64. The molecule has 0 aliphatic carbocycles. The quantitative estimate of drug-likeness (QED) is 0.586. The summed E-state index contributed by atoms with van der Waals surface area (Å²) in [7, 11) is 2.02. The summed E-state index contributed by atoms with van der Waals surface area (Å²) in [5.74, 6) is 2.46. The van der Waals surface area contributed by atoms with E-state index < -0.39 is 0 Å². The van der Waals surface area contributed by atoms with Crippen LogP contribution in [0.15, 0.2) is 30.3 Å². The van der Waals surface area contributed by atoms with E-state index in [1.165, 1.54) is 0 Å². The minimum atomic E-state index is 0.0305. The van der Waals surface area contributed by atoms with Gasteiger partial charge >= 0.3 is 0 Å². The first-order valence-electron chi connectivity index (χ1n) is 9.20. The van der Waals surface area contributed by atoms with Crippen LogP contribution in [-0.2, 0) is 18.3 Å². The van der Waals surface area contributed by atoms with Gasteiger partial charge in [-0.15, -0.1) is 0 Å². The molecule has 1 aromatic carbocycles. The highest BCUT2D eigenvalue weighted by Crippen LogP contribution is 2.26. The Bertz CT molecular complexity index is 920. The first-order valence-corrected chi connectivity index (χ1v) is 9.20. The number of fused-ring (bicyclic) bond motifs is 1. The maximum Gasteiger partial charge on any atom is 0.224 e. The smallest absolute Gasteiger partial charge is 0.224 e. The molecule has 0 spiro atoms. The van der Waals surface area contributed by atoms with Gasteiger partial charge in [-0.05, 0) is 18.6 Å². The lowest BCUT2D eigenvalue weighted by molar-refractivity contribution is 0.193. The third-order valence-corrected chi connectivity index (χ3v) is 4.80. The van der Waals surface area contributed by atoms with Crippen molar-refractivity contribution in [3.05, 3.63) is 41.9 Å². The molecule has 0 amide bonds. The summed E-state index contributed by atoms with van der Waals surface area (Å²) in [5.41, 5.74) is 3.04. The second-order valence-corrected chi connectivity index (χ2v) is 6.64. The van der Waals surface area contributed by atoms with Gasteiger partial charge in [0.2, 0.25) is 5.95 Å². The number of aryl methyl sites for hydroxylation is 1. The molecule has 1 atom stereocenters. The molecule has 0 unspecified atom stereocenters. The molecular formula is C19H24N6O2. The highest BCUT2D eigenvalue weighted by Gasteiger charge is 2.21. The lowest BCUT2D eigenvalue weighted by atomic mass is 10.0. The summed E-state index contributed by atoms with van der Waals surface area (Å²) in [6, 6.07) is 10.1. The minimum Gasteiger partial charge on any atom is -0.395 e. The Morgan fingerprint density at radius 3 is 2.89 bits per heavy atom. The molecule has 1 aliphatic rings. The van der Waals surface area contributed by atoms with Crippen LogP contribution in [-0.4, -0.2) is 51.0 Å². The van der Waals surface area contributed by atoms with Crippen LogP contribution in [0.25, 0.3) is 11.0 Å². The van der Waals surface area contributed by atoms with Gasteiger partial charge in [0.15, 0.2) is 0 Å². The SMILES string of the molecule is Cn1c(CNc2cc([C@H]3CCOC3)nc(NCCO)n2)nc2ccccc21. The first-order chi connectivity index (χ1) is 13.2. The van der Waals surface area contributed by atoms with Crippen LogP contribution < -0.4 is 10.6 Å². The number of imidazole rings is 1. The van der Waals surface area contributed by atoms with Gasteiger partial charge in [-0.1, -0.05) is 12.1 Å². The first kappa shape index (κ1) is 17.7. The van der Waals surface area contributed by atoms with E-state index in [-0.39, 0.29) is 12.5 Å². The maximum absolute atomic E-state index is 9.06. The van der Waals surface area contributed by atoms with Crippen molar-refractivity contribution >= 4 is 22.8 Å². The number of aromatic nitrogens is 4. The molecule has 2 aromatic heterocycles. The van der Waals surface area contributed by atoms with Crippen LogP contribution in [0, 0.1) is 0 Å². The van der Waals surface area contributed by atoms with Crippen LogP contribution in [0.5, 0.6) is 0 Å². The molecule has 1 saturated heterocycles. The lowest BCUT2D eigenvalue weighted by Gasteiger charge is -2.13. The fraction of sp³-hybridized carbons (Fsp3) is 0.421. The van der Waals surface area contributed by atoms with Crippen LogP contribution in [0.2, 0.25) is 0 Å². The molecule has 1 aliphatic heterocycles. The number of ether oxygens (including phenoxy) is 1. The maximum atomic E-state index is 9.06. The topological polar surface area (TPSA) is 97.1 Å². The second kappa shape index (κ2) is 7.89. The Morgan fingerprint density at radius 1 is 1.22 bits per heavy atom. The van der Waals surface area contributed by atoms with Crippen molar-refractivity contribution in [1.82, 2.24) is 19.5 Å². The Hall–Kier alpha value is -2.71. The fourth-order valence-electron chi connectivity index (χ4n) is 3.30. The number of rotatable bonds is 7. The minimum absolute atomic E-state index is 0.0305. The Morgan fingerprint density at radius 2 is 2.11 bits per heavy atom. The molecule has 0 saturated carbocycles. The van der Waals surface area contributed by atoms with Crippen molar-refractivity contribution in [3.63, 3.8) is 0 Å². The van der Waals surface area contributed by atoms with Gasteiger partial charge in [0.1, 0.15) is 11.6 Å². The lowest BCUT2D eigenvalue weighted by Crippen LogP contribution is -2.14. The van der Waals surface area contributed by atoms with E-state index in [0.29, 0.717) is 25.6 Å². The standard InChI is InChI=1S/C19H24N6O2/c1-25-16-5-3-2-4-14(16)22-18(25)11-21-17-10-15(13-6-9-27-12-13)23-19(24-17)20-7-8-26/h2-5,10,13,26H,6-9,11-12H2,1H3,(H2,20,21,23,24)/t13-/m0/s1. The van der Waals surface area contributed by atoms with E-state index in [1.807, 2.05) is 31.3 Å². The number of aliphatic hydroxyl groups is 1. The summed E-state index contributed by atoms with van der Waals surface area (Å²) >= 11 is 0. The van der Waals surface area contributed by atoms with Gasteiger partial charge in [0.25, 0.3) is 0 Å². The monoisotopic (exact) mass is 368 g/mol. The Labute approximate surface area is 157 Å². The predicted octanol–water partition coefficient (Wildman–Crippen LogP) is 1.88. The average Bonchev–Trinajstić information content (AvgIpc) is 3.34. The zero-order chi connectivity index (χ0) is 18.6. The predicted molar refractivity (Wildman–Crippen MR) is 104 cm³/mol. The fourth-order valence-corrected chi connectivity index (χ4v) is 3.30. The number of para-hydroxylation sites is 2. The average molecular weight is 368 g/mol. The highest BCUT2D eigenvalue weighted by atomic mass is 16.5. The van der Waals surface area contributed by atoms with E-state index in [2.05, 4.69) is 36.2 Å². The molecule has 0 bridgehead atoms. The summed E-state index contributed by atoms with van der Waals surface area (Å²) in [6.07, 6.45) is 0.959. The third-order valence-electron chi connectivity index (χ3n) is 4.80. The molecule has 8 heteroatoms. The summed E-state index contributed by atoms with van der Waals surface area (Å²) in [6.45, 7) is 2.44. The molecule has 0 radical (unpaired) electrons. The van der Waals surface area contributed by atoms with Gasteiger partial charge in [-0.2, -0.15) is 4.98 Å². The molecule has 3 heterocycles. The van der Waals surface area contributed by atoms with Crippen LogP contribution in [0.3, 0.4) is 0 Å². The molecular weight excluding hydrogens is 344 g/mol. The zero-order valence-electron chi connectivity index (χ0n) is 15.4. The van der Waals surface area contributed by atoms with Crippen LogP contribution >= 0.6 is 0 Å². The van der Waals surface area contributed by atoms with Crippen LogP contribution in [0.1, 0.15) is 23.9 Å². The molecule has 3 aromatic rings. The van der Waals surface area contributed by atoms with Gasteiger partial charge in [0.05, 0.1) is 36.5 Å². The van der Waals surface area contributed by atoms with Crippen molar-refractivity contribution in [3.8, 4) is 0 Å². The van der Waals surface area contributed by atoms with E-state index in [0.717, 1.165) is 41.4 Å².